The first kappa shape index (κ1) is 18.0. The van der Waals surface area contributed by atoms with Crippen molar-refractivity contribution >= 4 is 33.9 Å². The summed E-state index contributed by atoms with van der Waals surface area (Å²) in [5.74, 6) is 0. The molecule has 0 saturated carbocycles. The van der Waals surface area contributed by atoms with E-state index in [1.54, 1.807) is 0 Å². The van der Waals surface area contributed by atoms with E-state index in [2.05, 4.69) is 92.2 Å². The molecule has 0 fully saturated rings. The topological polar surface area (TPSA) is 44.8 Å². The lowest BCUT2D eigenvalue weighted by Crippen LogP contribution is -2.33. The predicted octanol–water partition coefficient (Wildman–Crippen LogP) is 5.38. The van der Waals surface area contributed by atoms with Crippen molar-refractivity contribution in [3.05, 3.63) is 81.3 Å². The number of nitrogens with zero attached hydrogens (tertiary/aromatic N) is 3. The van der Waals surface area contributed by atoms with E-state index in [-0.39, 0.29) is 6.04 Å². The zero-order valence-electron chi connectivity index (χ0n) is 15.4. The predicted molar refractivity (Wildman–Crippen MR) is 122 cm³/mol. The average Bonchev–Trinajstić information content (AvgIpc) is 3.38. The van der Waals surface area contributed by atoms with Crippen LogP contribution in [0.3, 0.4) is 0 Å². The van der Waals surface area contributed by atoms with Crippen molar-refractivity contribution < 1.29 is 0 Å². The number of benzene rings is 1. The maximum atomic E-state index is 4.20. The Morgan fingerprint density at radius 1 is 1.07 bits per heavy atom. The molecule has 0 bridgehead atoms. The van der Waals surface area contributed by atoms with Crippen molar-refractivity contribution in [2.24, 2.45) is 0 Å². The van der Waals surface area contributed by atoms with Gasteiger partial charge in [-0.05, 0) is 94.7 Å². The number of likely N-dealkylation sites (N-methyl/N-ethyl adjacent to an activating group) is 1. The van der Waals surface area contributed by atoms with Gasteiger partial charge in [0, 0.05) is 33.6 Å². The van der Waals surface area contributed by atoms with Crippen LogP contribution in [0.4, 0.5) is 0 Å². The van der Waals surface area contributed by atoms with Gasteiger partial charge in [0.05, 0.1) is 16.6 Å². The molecule has 140 valence electrons. The van der Waals surface area contributed by atoms with Crippen molar-refractivity contribution in [1.29, 1.82) is 0 Å². The van der Waals surface area contributed by atoms with Crippen molar-refractivity contribution in [2.75, 3.05) is 13.6 Å². The fourth-order valence-electron chi connectivity index (χ4n) is 3.99. The zero-order valence-corrected chi connectivity index (χ0v) is 18.4. The van der Waals surface area contributed by atoms with Gasteiger partial charge >= 0.3 is 0 Å². The Hall–Kier alpha value is -2.03. The van der Waals surface area contributed by atoms with Gasteiger partial charge in [-0.25, -0.2) is 0 Å². The largest absolute Gasteiger partial charge is 0.295 e. The summed E-state index contributed by atoms with van der Waals surface area (Å²) in [6.07, 6.45) is 6.63. The standard InChI is InChI=1S/C22H19IN4S/c1-27-11-7-15-12-16(23)2-3-17(15)21(27)18-13-20(14-4-8-24-9-5-14)28-22(18)19-6-10-25-26-19/h2-6,8-10,12-13,21H,7,11H2,1H3,(H,25,26). The molecule has 4 nitrogen and oxygen atoms in total. The number of fused-ring (bicyclic) bond motifs is 1. The van der Waals surface area contributed by atoms with Gasteiger partial charge in [-0.3, -0.25) is 15.0 Å². The molecule has 0 amide bonds. The number of aromatic amines is 1. The summed E-state index contributed by atoms with van der Waals surface area (Å²) in [6.45, 7) is 1.06. The highest BCUT2D eigenvalue weighted by Gasteiger charge is 2.30. The number of thiophene rings is 1. The van der Waals surface area contributed by atoms with E-state index in [9.17, 15) is 0 Å². The number of halogens is 1. The Morgan fingerprint density at radius 3 is 2.71 bits per heavy atom. The minimum absolute atomic E-state index is 0.242. The van der Waals surface area contributed by atoms with E-state index in [1.807, 2.05) is 29.9 Å². The molecule has 1 aliphatic heterocycles. The Kier molecular flexibility index (Phi) is 4.78. The van der Waals surface area contributed by atoms with Crippen LogP contribution in [-0.2, 0) is 6.42 Å². The molecule has 1 unspecified atom stereocenters. The summed E-state index contributed by atoms with van der Waals surface area (Å²) >= 11 is 4.23. The number of pyridine rings is 1. The van der Waals surface area contributed by atoms with Crippen LogP contribution in [0.2, 0.25) is 0 Å². The normalized spacial score (nSPS) is 16.9. The number of hydrogen-bond acceptors (Lipinski definition) is 4. The summed E-state index contributed by atoms with van der Waals surface area (Å²) in [7, 11) is 2.23. The van der Waals surface area contributed by atoms with E-state index >= 15 is 0 Å². The van der Waals surface area contributed by atoms with Crippen LogP contribution in [-0.4, -0.2) is 33.7 Å². The summed E-state index contributed by atoms with van der Waals surface area (Å²) in [5.41, 5.74) is 6.49. The Labute approximate surface area is 181 Å². The Morgan fingerprint density at radius 2 is 1.93 bits per heavy atom. The molecule has 1 N–H and O–H groups in total. The van der Waals surface area contributed by atoms with Crippen molar-refractivity contribution in [1.82, 2.24) is 20.1 Å². The molecule has 1 aliphatic rings. The quantitative estimate of drug-likeness (QED) is 0.386. The van der Waals surface area contributed by atoms with Gasteiger partial charge in [0.1, 0.15) is 0 Å². The van der Waals surface area contributed by atoms with Gasteiger partial charge in [-0.2, -0.15) is 5.10 Å². The minimum Gasteiger partial charge on any atom is -0.295 e. The molecule has 1 aromatic carbocycles. The molecule has 28 heavy (non-hydrogen) atoms. The molecule has 3 aromatic heterocycles. The van der Waals surface area contributed by atoms with Crippen LogP contribution in [0.5, 0.6) is 0 Å². The molecule has 6 heteroatoms. The lowest BCUT2D eigenvalue weighted by molar-refractivity contribution is 0.265. The van der Waals surface area contributed by atoms with E-state index < -0.39 is 0 Å². The van der Waals surface area contributed by atoms with Crippen LogP contribution >= 0.6 is 33.9 Å². The van der Waals surface area contributed by atoms with Crippen molar-refractivity contribution in [2.45, 2.75) is 12.5 Å². The number of H-pyrrole nitrogens is 1. The summed E-state index contributed by atoms with van der Waals surface area (Å²) < 4.78 is 1.30. The van der Waals surface area contributed by atoms with Crippen LogP contribution in [0, 0.1) is 3.57 Å². The van der Waals surface area contributed by atoms with Crippen molar-refractivity contribution in [3.8, 4) is 21.0 Å². The van der Waals surface area contributed by atoms with Gasteiger partial charge in [0.25, 0.3) is 0 Å². The maximum absolute atomic E-state index is 4.20. The highest BCUT2D eigenvalue weighted by Crippen LogP contribution is 2.45. The van der Waals surface area contributed by atoms with Crippen LogP contribution in [0.1, 0.15) is 22.7 Å². The van der Waals surface area contributed by atoms with Crippen molar-refractivity contribution in [3.63, 3.8) is 0 Å². The smallest absolute Gasteiger partial charge is 0.0753 e. The Bertz CT molecular complexity index is 1110. The Balaban J connectivity index is 1.70. The third kappa shape index (κ3) is 3.19. The van der Waals surface area contributed by atoms with Crippen LogP contribution in [0.15, 0.2) is 61.1 Å². The number of rotatable bonds is 3. The first-order chi connectivity index (χ1) is 13.7. The van der Waals surface area contributed by atoms with Crippen LogP contribution in [0.25, 0.3) is 21.0 Å². The molecule has 0 radical (unpaired) electrons. The number of hydrogen-bond donors (Lipinski definition) is 1. The number of nitrogens with one attached hydrogen (secondary N) is 1. The lowest BCUT2D eigenvalue weighted by atomic mass is 9.88. The van der Waals surface area contributed by atoms with E-state index in [4.69, 9.17) is 0 Å². The fourth-order valence-corrected chi connectivity index (χ4v) is 5.71. The van der Waals surface area contributed by atoms with Crippen LogP contribution < -0.4 is 0 Å². The highest BCUT2D eigenvalue weighted by atomic mass is 127. The SMILES string of the molecule is CN1CCc2cc(I)ccc2C1c1cc(-c2ccncc2)sc1-c1ccn[nH]1. The molecule has 4 heterocycles. The first-order valence-corrected chi connectivity index (χ1v) is 11.1. The third-order valence-electron chi connectivity index (χ3n) is 5.34. The molecule has 5 rings (SSSR count). The second kappa shape index (κ2) is 7.42. The molecule has 1 atom stereocenters. The molecule has 0 spiro atoms. The second-order valence-corrected chi connectivity index (χ2v) is 9.38. The second-order valence-electron chi connectivity index (χ2n) is 7.08. The molecule has 4 aromatic rings. The minimum atomic E-state index is 0.242. The van der Waals surface area contributed by atoms with Gasteiger partial charge in [-0.1, -0.05) is 6.07 Å². The molecular weight excluding hydrogens is 479 g/mol. The van der Waals surface area contributed by atoms with Gasteiger partial charge in [0.2, 0.25) is 0 Å². The summed E-state index contributed by atoms with van der Waals surface area (Å²) in [4.78, 5) is 9.15. The van der Waals surface area contributed by atoms with E-state index in [1.165, 1.54) is 35.6 Å². The summed E-state index contributed by atoms with van der Waals surface area (Å²) in [6, 6.07) is 15.7. The monoisotopic (exact) mass is 498 g/mol. The lowest BCUT2D eigenvalue weighted by Gasteiger charge is -2.35. The molecule has 0 aliphatic carbocycles. The van der Waals surface area contributed by atoms with Gasteiger partial charge < -0.3 is 0 Å². The molecule has 0 saturated heterocycles. The third-order valence-corrected chi connectivity index (χ3v) is 7.24. The molecular formula is C22H19IN4S. The van der Waals surface area contributed by atoms with E-state index in [0.29, 0.717) is 0 Å². The average molecular weight is 498 g/mol. The van der Waals surface area contributed by atoms with Gasteiger partial charge in [-0.15, -0.1) is 11.3 Å². The number of aromatic nitrogens is 3. The highest BCUT2D eigenvalue weighted by molar-refractivity contribution is 14.1. The van der Waals surface area contributed by atoms with Gasteiger partial charge in [0.15, 0.2) is 0 Å². The first-order valence-electron chi connectivity index (χ1n) is 9.23. The fraction of sp³-hybridized carbons (Fsp3) is 0.182. The van der Waals surface area contributed by atoms with E-state index in [0.717, 1.165) is 18.7 Å². The maximum Gasteiger partial charge on any atom is 0.0753 e. The summed E-state index contributed by atoms with van der Waals surface area (Å²) in [5, 5.41) is 7.37. The zero-order chi connectivity index (χ0) is 19.1.